The molecule has 4 heterocycles. The van der Waals surface area contributed by atoms with Crippen LogP contribution in [0, 0.1) is 0 Å². The first-order valence-electron chi connectivity index (χ1n) is 10.1. The minimum atomic E-state index is -2.97. The van der Waals surface area contributed by atoms with E-state index in [0.717, 1.165) is 5.69 Å². The Labute approximate surface area is 184 Å². The average Bonchev–Trinajstić information content (AvgIpc) is 3.26. The molecule has 1 aromatic carbocycles. The molecule has 31 heavy (non-hydrogen) atoms. The molecule has 1 N–H and O–H groups in total. The maximum absolute atomic E-state index is 13.0. The first-order valence-corrected chi connectivity index (χ1v) is 12.8. The molecule has 162 valence electrons. The van der Waals surface area contributed by atoms with E-state index < -0.39 is 9.84 Å². The zero-order valence-electron chi connectivity index (χ0n) is 16.7. The van der Waals surface area contributed by atoms with Gasteiger partial charge in [0, 0.05) is 55.1 Å². The topological polar surface area (TPSA) is 108 Å². The largest absolute Gasteiger partial charge is 0.337 e. The Kier molecular flexibility index (Phi) is 5.30. The number of anilines is 2. The van der Waals surface area contributed by atoms with Gasteiger partial charge in [0.25, 0.3) is 5.91 Å². The van der Waals surface area contributed by atoms with Gasteiger partial charge in [0.15, 0.2) is 15.0 Å². The van der Waals surface area contributed by atoms with Gasteiger partial charge in [0.1, 0.15) is 0 Å². The molecule has 0 bridgehead atoms. The molecule has 1 amide bonds. The van der Waals surface area contributed by atoms with E-state index in [-0.39, 0.29) is 28.7 Å². The van der Waals surface area contributed by atoms with Crippen molar-refractivity contribution in [2.45, 2.75) is 11.3 Å². The monoisotopic (exact) mass is 458 g/mol. The van der Waals surface area contributed by atoms with E-state index in [2.05, 4.69) is 25.2 Å². The Bertz CT molecular complexity index is 1120. The van der Waals surface area contributed by atoms with Crippen LogP contribution in [0.4, 0.5) is 11.6 Å². The fourth-order valence-electron chi connectivity index (χ4n) is 4.02. The van der Waals surface area contributed by atoms with E-state index in [1.165, 1.54) is 11.8 Å². The van der Waals surface area contributed by atoms with Crippen molar-refractivity contribution in [3.05, 3.63) is 48.3 Å². The SMILES string of the molecule is O=C(c1cccc(NC2=N[C@H]3CS(=O)(=O)C[C@@H]3S2)c1)N1CCN(c2ncccn2)CC1. The Morgan fingerprint density at radius 2 is 1.84 bits per heavy atom. The Morgan fingerprint density at radius 1 is 1.06 bits per heavy atom. The fraction of sp³-hybridized carbons (Fsp3) is 0.400. The molecule has 2 fully saturated rings. The molecule has 0 aliphatic carbocycles. The lowest BCUT2D eigenvalue weighted by molar-refractivity contribution is 0.0746. The smallest absolute Gasteiger partial charge is 0.254 e. The van der Waals surface area contributed by atoms with Crippen LogP contribution in [0.3, 0.4) is 0 Å². The number of benzene rings is 1. The van der Waals surface area contributed by atoms with Crippen LogP contribution in [-0.4, -0.2) is 83.3 Å². The van der Waals surface area contributed by atoms with Crippen LogP contribution in [0.15, 0.2) is 47.7 Å². The highest BCUT2D eigenvalue weighted by Crippen LogP contribution is 2.34. The third kappa shape index (κ3) is 4.38. The van der Waals surface area contributed by atoms with E-state index in [4.69, 9.17) is 0 Å². The average molecular weight is 459 g/mol. The van der Waals surface area contributed by atoms with Crippen molar-refractivity contribution in [3.63, 3.8) is 0 Å². The summed E-state index contributed by atoms with van der Waals surface area (Å²) in [7, 11) is -2.97. The number of amides is 1. The first kappa shape index (κ1) is 20.3. The number of sulfone groups is 1. The fourth-order valence-corrected chi connectivity index (χ4v) is 7.69. The molecule has 2 atom stereocenters. The normalized spacial score (nSPS) is 24.6. The van der Waals surface area contributed by atoms with E-state index >= 15 is 0 Å². The van der Waals surface area contributed by atoms with E-state index in [1.54, 1.807) is 18.5 Å². The van der Waals surface area contributed by atoms with Crippen molar-refractivity contribution in [2.75, 3.05) is 47.9 Å². The van der Waals surface area contributed by atoms with E-state index in [1.807, 2.05) is 29.2 Å². The predicted octanol–water partition coefficient (Wildman–Crippen LogP) is 1.12. The van der Waals surface area contributed by atoms with Crippen molar-refractivity contribution in [1.82, 2.24) is 14.9 Å². The van der Waals surface area contributed by atoms with Crippen LogP contribution in [0.25, 0.3) is 0 Å². The second-order valence-electron chi connectivity index (χ2n) is 7.77. The summed E-state index contributed by atoms with van der Waals surface area (Å²) in [5, 5.41) is 3.95. The molecule has 3 aliphatic rings. The summed E-state index contributed by atoms with van der Waals surface area (Å²) in [6.45, 7) is 2.59. The summed E-state index contributed by atoms with van der Waals surface area (Å²) in [4.78, 5) is 30.0. The lowest BCUT2D eigenvalue weighted by Crippen LogP contribution is -2.49. The summed E-state index contributed by atoms with van der Waals surface area (Å²) in [6, 6.07) is 8.97. The molecule has 3 aliphatic heterocycles. The van der Waals surface area contributed by atoms with Gasteiger partial charge in [-0.2, -0.15) is 0 Å². The van der Waals surface area contributed by atoms with Crippen LogP contribution >= 0.6 is 11.8 Å². The van der Waals surface area contributed by atoms with Gasteiger partial charge in [-0.3, -0.25) is 9.79 Å². The number of hydrogen-bond donors (Lipinski definition) is 1. The van der Waals surface area contributed by atoms with Crippen LogP contribution in [0.2, 0.25) is 0 Å². The summed E-state index contributed by atoms with van der Waals surface area (Å²) in [5.41, 5.74) is 1.39. The number of piperazine rings is 1. The maximum Gasteiger partial charge on any atom is 0.254 e. The number of hydrogen-bond acceptors (Lipinski definition) is 9. The minimum absolute atomic E-state index is 0.0118. The van der Waals surface area contributed by atoms with Gasteiger partial charge in [-0.25, -0.2) is 18.4 Å². The molecular formula is C20H22N6O3S2. The number of thioether (sulfide) groups is 1. The van der Waals surface area contributed by atoms with E-state index in [0.29, 0.717) is 42.9 Å². The summed E-state index contributed by atoms with van der Waals surface area (Å²) in [5.74, 6) is 0.971. The number of nitrogens with zero attached hydrogens (tertiary/aromatic N) is 5. The second kappa shape index (κ2) is 8.12. The summed E-state index contributed by atoms with van der Waals surface area (Å²) >= 11 is 1.47. The second-order valence-corrected chi connectivity index (χ2v) is 11.2. The number of fused-ring (bicyclic) bond motifs is 1. The molecule has 9 nitrogen and oxygen atoms in total. The van der Waals surface area contributed by atoms with Gasteiger partial charge in [0.2, 0.25) is 5.95 Å². The molecular weight excluding hydrogens is 436 g/mol. The highest BCUT2D eigenvalue weighted by Gasteiger charge is 2.42. The first-order chi connectivity index (χ1) is 15.0. The predicted molar refractivity (Wildman–Crippen MR) is 121 cm³/mol. The zero-order chi connectivity index (χ0) is 21.4. The van der Waals surface area contributed by atoms with Crippen molar-refractivity contribution >= 4 is 44.3 Å². The number of aliphatic imine (C=N–C) groups is 1. The third-order valence-electron chi connectivity index (χ3n) is 5.58. The van der Waals surface area contributed by atoms with Crippen LogP contribution in [-0.2, 0) is 9.84 Å². The van der Waals surface area contributed by atoms with Crippen LogP contribution in [0.5, 0.6) is 0 Å². The van der Waals surface area contributed by atoms with Gasteiger partial charge >= 0.3 is 0 Å². The number of carbonyl (C=O) groups excluding carboxylic acids is 1. The molecule has 11 heteroatoms. The molecule has 0 saturated carbocycles. The van der Waals surface area contributed by atoms with Crippen molar-refractivity contribution in [1.29, 1.82) is 0 Å². The quantitative estimate of drug-likeness (QED) is 0.729. The van der Waals surface area contributed by atoms with Gasteiger partial charge in [-0.05, 0) is 24.3 Å². The maximum atomic E-state index is 13.0. The minimum Gasteiger partial charge on any atom is -0.337 e. The van der Waals surface area contributed by atoms with Crippen molar-refractivity contribution in [2.24, 2.45) is 4.99 Å². The van der Waals surface area contributed by atoms with Gasteiger partial charge in [-0.1, -0.05) is 17.8 Å². The number of amidine groups is 1. The molecule has 5 rings (SSSR count). The van der Waals surface area contributed by atoms with Crippen molar-refractivity contribution < 1.29 is 13.2 Å². The molecule has 2 aromatic rings. The molecule has 0 unspecified atom stereocenters. The molecule has 2 saturated heterocycles. The number of aromatic nitrogens is 2. The lowest BCUT2D eigenvalue weighted by Gasteiger charge is -2.34. The van der Waals surface area contributed by atoms with Gasteiger partial charge in [0.05, 0.1) is 17.5 Å². The van der Waals surface area contributed by atoms with Gasteiger partial charge in [-0.15, -0.1) is 0 Å². The Morgan fingerprint density at radius 3 is 2.58 bits per heavy atom. The standard InChI is InChI=1S/C20H22N6O3S2/c27-18(25-7-9-26(10-8-25)19-21-5-2-6-22-19)14-3-1-4-15(11-14)23-20-24-16-12-31(28,29)13-17(16)30-20/h1-6,11,16-17H,7-10,12-13H2,(H,23,24)/t16-,17-/m0/s1. The molecule has 0 radical (unpaired) electrons. The molecule has 0 spiro atoms. The van der Waals surface area contributed by atoms with Crippen LogP contribution in [0.1, 0.15) is 10.4 Å². The Balaban J connectivity index is 1.21. The summed E-state index contributed by atoms with van der Waals surface area (Å²) in [6.07, 6.45) is 3.44. The van der Waals surface area contributed by atoms with E-state index in [9.17, 15) is 13.2 Å². The zero-order valence-corrected chi connectivity index (χ0v) is 18.3. The third-order valence-corrected chi connectivity index (χ3v) is 8.72. The van der Waals surface area contributed by atoms with Gasteiger partial charge < -0.3 is 15.1 Å². The number of carbonyl (C=O) groups is 1. The Hall–Kier alpha value is -2.66. The summed E-state index contributed by atoms with van der Waals surface area (Å²) < 4.78 is 23.4. The van der Waals surface area contributed by atoms with Crippen LogP contribution < -0.4 is 10.2 Å². The number of nitrogens with one attached hydrogen (secondary N) is 1. The highest BCUT2D eigenvalue weighted by atomic mass is 32.2. The number of rotatable bonds is 3. The highest BCUT2D eigenvalue weighted by molar-refractivity contribution is 8.15. The molecule has 1 aromatic heterocycles. The lowest BCUT2D eigenvalue weighted by atomic mass is 10.1. The van der Waals surface area contributed by atoms with Crippen molar-refractivity contribution in [3.8, 4) is 0 Å².